The number of nitrogens with one attached hydrogen (secondary N) is 1. The van der Waals surface area contributed by atoms with E-state index in [4.69, 9.17) is 11.2 Å². The number of ether oxygens (including phenoxy) is 1. The van der Waals surface area contributed by atoms with Crippen LogP contribution >= 0.6 is 0 Å². The third-order valence-electron chi connectivity index (χ3n) is 7.52. The number of piperidine rings is 2. The van der Waals surface area contributed by atoms with Crippen molar-refractivity contribution in [1.29, 1.82) is 0 Å². The molecule has 1 spiro atoms. The van der Waals surface area contributed by atoms with Gasteiger partial charge in [0, 0.05) is 31.7 Å². The van der Waals surface area contributed by atoms with E-state index in [1.54, 1.807) is 10.5 Å². The highest BCUT2D eigenvalue weighted by molar-refractivity contribution is 5.67. The van der Waals surface area contributed by atoms with E-state index in [1.807, 2.05) is 0 Å². The van der Waals surface area contributed by atoms with Gasteiger partial charge in [-0.25, -0.2) is 4.79 Å². The van der Waals surface area contributed by atoms with Crippen LogP contribution in [0.3, 0.4) is 0 Å². The summed E-state index contributed by atoms with van der Waals surface area (Å²) in [5, 5.41) is 3.81. The Morgan fingerprint density at radius 1 is 1.23 bits per heavy atom. The van der Waals surface area contributed by atoms with Gasteiger partial charge in [0.1, 0.15) is 0 Å². The van der Waals surface area contributed by atoms with Crippen molar-refractivity contribution in [2.45, 2.75) is 63.5 Å². The number of fused-ring (bicyclic) bond motifs is 2. The van der Waals surface area contributed by atoms with Crippen molar-refractivity contribution in [3.63, 3.8) is 0 Å². The van der Waals surface area contributed by atoms with Crippen LogP contribution in [0.15, 0.2) is 24.3 Å². The van der Waals surface area contributed by atoms with Crippen molar-refractivity contribution in [2.75, 3.05) is 39.3 Å². The fourth-order valence-electron chi connectivity index (χ4n) is 5.94. The molecule has 2 heterocycles. The van der Waals surface area contributed by atoms with Crippen LogP contribution in [0.1, 0.15) is 63.1 Å². The first-order chi connectivity index (χ1) is 15.0. The predicted molar refractivity (Wildman–Crippen MR) is 124 cm³/mol. The standard InChI is InChI=1S/C26H37N3O2/c1-4-17-31-25(30)29-13-9-21(10-14-29)19-28-15-11-26(12-16-28)18-24(27-20(2)3)22-7-5-6-8-23(22)26/h1,5-8,20-21,24,27H,9-19H2,2-3H3/t24-/m0/s1. The van der Waals surface area contributed by atoms with Gasteiger partial charge in [-0.2, -0.15) is 0 Å². The van der Waals surface area contributed by atoms with Crippen LogP contribution in [0.4, 0.5) is 4.79 Å². The molecule has 1 N–H and O–H groups in total. The molecule has 2 fully saturated rings. The summed E-state index contributed by atoms with van der Waals surface area (Å²) in [6.07, 6.45) is 10.7. The highest BCUT2D eigenvalue weighted by Gasteiger charge is 2.45. The van der Waals surface area contributed by atoms with Crippen LogP contribution in [0.2, 0.25) is 0 Å². The molecule has 0 radical (unpaired) electrons. The van der Waals surface area contributed by atoms with Gasteiger partial charge in [0.15, 0.2) is 6.61 Å². The fourth-order valence-corrected chi connectivity index (χ4v) is 5.94. The van der Waals surface area contributed by atoms with Crippen molar-refractivity contribution >= 4 is 6.09 Å². The Balaban J connectivity index is 1.29. The predicted octanol–water partition coefficient (Wildman–Crippen LogP) is 3.94. The molecular formula is C26H37N3O2. The van der Waals surface area contributed by atoms with E-state index < -0.39 is 0 Å². The van der Waals surface area contributed by atoms with Gasteiger partial charge in [0.05, 0.1) is 0 Å². The minimum atomic E-state index is -0.263. The Labute approximate surface area is 187 Å². The van der Waals surface area contributed by atoms with Crippen molar-refractivity contribution in [1.82, 2.24) is 15.1 Å². The van der Waals surface area contributed by atoms with Gasteiger partial charge < -0.3 is 19.9 Å². The summed E-state index contributed by atoms with van der Waals surface area (Å²) in [6.45, 7) is 9.61. The smallest absolute Gasteiger partial charge is 0.410 e. The number of nitrogens with zero attached hydrogens (tertiary/aromatic N) is 2. The quantitative estimate of drug-likeness (QED) is 0.729. The molecule has 3 aliphatic rings. The monoisotopic (exact) mass is 423 g/mol. The Hall–Kier alpha value is -2.03. The first kappa shape index (κ1) is 22.2. The molecule has 1 amide bonds. The summed E-state index contributed by atoms with van der Waals surface area (Å²) in [7, 11) is 0. The third-order valence-corrected chi connectivity index (χ3v) is 7.52. The first-order valence-electron chi connectivity index (χ1n) is 11.9. The lowest BCUT2D eigenvalue weighted by Gasteiger charge is -2.42. The molecule has 1 aromatic carbocycles. The first-order valence-corrected chi connectivity index (χ1v) is 11.9. The number of benzene rings is 1. The number of amides is 1. The van der Waals surface area contributed by atoms with E-state index in [2.05, 4.69) is 54.3 Å². The van der Waals surface area contributed by atoms with Crippen LogP contribution in [0.25, 0.3) is 0 Å². The lowest BCUT2D eigenvalue weighted by molar-refractivity contribution is 0.0820. The second-order valence-corrected chi connectivity index (χ2v) is 9.94. The second kappa shape index (κ2) is 9.63. The SMILES string of the molecule is C#CCOC(=O)N1CCC(CN2CCC3(CC2)C[C@H](NC(C)C)c2ccccc23)CC1. The highest BCUT2D eigenvalue weighted by atomic mass is 16.6. The van der Waals surface area contributed by atoms with Crippen LogP contribution in [0, 0.1) is 18.3 Å². The minimum absolute atomic E-state index is 0.0605. The Kier molecular flexibility index (Phi) is 6.89. The Bertz CT molecular complexity index is 799. The summed E-state index contributed by atoms with van der Waals surface area (Å²) in [5.41, 5.74) is 3.45. The summed E-state index contributed by atoms with van der Waals surface area (Å²) in [4.78, 5) is 16.4. The number of carbonyl (C=O) groups excluding carboxylic acids is 1. The van der Waals surface area contributed by atoms with Gasteiger partial charge in [-0.3, -0.25) is 0 Å². The molecule has 0 bridgehead atoms. The molecule has 0 unspecified atom stereocenters. The van der Waals surface area contributed by atoms with Gasteiger partial charge in [-0.05, 0) is 67.7 Å². The van der Waals surface area contributed by atoms with Crippen LogP contribution < -0.4 is 5.32 Å². The van der Waals surface area contributed by atoms with E-state index in [-0.39, 0.29) is 12.7 Å². The van der Waals surface area contributed by atoms with Crippen molar-refractivity contribution in [3.05, 3.63) is 35.4 Å². The fraction of sp³-hybridized carbons (Fsp3) is 0.654. The normalized spacial score (nSPS) is 23.7. The summed E-state index contributed by atoms with van der Waals surface area (Å²) in [5.74, 6) is 3.02. The van der Waals surface area contributed by atoms with E-state index in [0.717, 1.165) is 32.5 Å². The topological polar surface area (TPSA) is 44.8 Å². The summed E-state index contributed by atoms with van der Waals surface area (Å²) in [6, 6.07) is 10.1. The number of terminal acetylenes is 1. The molecule has 1 atom stereocenters. The number of hydrogen-bond donors (Lipinski definition) is 1. The van der Waals surface area contributed by atoms with Gasteiger partial charge in [0.2, 0.25) is 0 Å². The van der Waals surface area contributed by atoms with Gasteiger partial charge in [-0.1, -0.05) is 44.0 Å². The van der Waals surface area contributed by atoms with E-state index in [0.29, 0.717) is 23.4 Å². The lowest BCUT2D eigenvalue weighted by atomic mass is 9.73. The van der Waals surface area contributed by atoms with E-state index in [9.17, 15) is 4.79 Å². The maximum Gasteiger partial charge on any atom is 0.410 e. The average Bonchev–Trinajstić information content (AvgIpc) is 3.07. The van der Waals surface area contributed by atoms with Crippen LogP contribution in [-0.2, 0) is 10.2 Å². The summed E-state index contributed by atoms with van der Waals surface area (Å²) < 4.78 is 5.07. The molecule has 1 aliphatic carbocycles. The zero-order valence-corrected chi connectivity index (χ0v) is 19.1. The number of rotatable bonds is 5. The van der Waals surface area contributed by atoms with Gasteiger partial charge >= 0.3 is 6.09 Å². The third kappa shape index (κ3) is 4.91. The Morgan fingerprint density at radius 3 is 2.61 bits per heavy atom. The molecule has 0 aromatic heterocycles. The van der Waals surface area contributed by atoms with Crippen LogP contribution in [0.5, 0.6) is 0 Å². The maximum atomic E-state index is 12.0. The molecule has 2 aliphatic heterocycles. The molecule has 0 saturated carbocycles. The van der Waals surface area contributed by atoms with Crippen molar-refractivity contribution in [2.24, 2.45) is 5.92 Å². The number of hydrogen-bond acceptors (Lipinski definition) is 4. The van der Waals surface area contributed by atoms with Crippen LogP contribution in [-0.4, -0.2) is 61.3 Å². The highest BCUT2D eigenvalue weighted by Crippen LogP contribution is 2.50. The summed E-state index contributed by atoms with van der Waals surface area (Å²) >= 11 is 0. The minimum Gasteiger partial charge on any atom is -0.436 e. The molecule has 5 heteroatoms. The van der Waals surface area contributed by atoms with Crippen molar-refractivity contribution in [3.8, 4) is 12.3 Å². The molecule has 4 rings (SSSR count). The Morgan fingerprint density at radius 2 is 1.94 bits per heavy atom. The zero-order valence-electron chi connectivity index (χ0n) is 19.1. The molecule has 31 heavy (non-hydrogen) atoms. The maximum absolute atomic E-state index is 12.0. The molecule has 168 valence electrons. The lowest BCUT2D eigenvalue weighted by Crippen LogP contribution is -2.46. The number of likely N-dealkylation sites (tertiary alicyclic amines) is 2. The number of carbonyl (C=O) groups is 1. The molecule has 2 saturated heterocycles. The van der Waals surface area contributed by atoms with E-state index in [1.165, 1.54) is 37.9 Å². The average molecular weight is 424 g/mol. The zero-order chi connectivity index (χ0) is 21.8. The van der Waals surface area contributed by atoms with E-state index >= 15 is 0 Å². The van der Waals surface area contributed by atoms with Crippen molar-refractivity contribution < 1.29 is 9.53 Å². The van der Waals surface area contributed by atoms with Gasteiger partial charge in [0.25, 0.3) is 0 Å². The molecular weight excluding hydrogens is 386 g/mol. The largest absolute Gasteiger partial charge is 0.436 e. The molecule has 5 nitrogen and oxygen atoms in total. The van der Waals surface area contributed by atoms with Gasteiger partial charge in [-0.15, -0.1) is 6.42 Å². The molecule has 1 aromatic rings. The second-order valence-electron chi connectivity index (χ2n) is 9.94.